The summed E-state index contributed by atoms with van der Waals surface area (Å²) in [6.07, 6.45) is 4.69. The maximum absolute atomic E-state index is 12.3. The molecule has 1 saturated heterocycles. The van der Waals surface area contributed by atoms with Crippen molar-refractivity contribution in [1.29, 1.82) is 0 Å². The van der Waals surface area contributed by atoms with Crippen molar-refractivity contribution >= 4 is 27.6 Å². The number of carbonyl (C=O) groups is 1. The summed E-state index contributed by atoms with van der Waals surface area (Å²) in [5.41, 5.74) is 3.17. The summed E-state index contributed by atoms with van der Waals surface area (Å²) >= 11 is 3.53. The summed E-state index contributed by atoms with van der Waals surface area (Å²) in [7, 11) is 0. The van der Waals surface area contributed by atoms with Gasteiger partial charge in [-0.15, -0.1) is 0 Å². The molecule has 0 atom stereocenters. The second-order valence-electron chi connectivity index (χ2n) is 5.27. The maximum atomic E-state index is 12.3. The van der Waals surface area contributed by atoms with Crippen molar-refractivity contribution in [3.63, 3.8) is 0 Å². The fourth-order valence-corrected chi connectivity index (χ4v) is 3.31. The molecule has 1 heterocycles. The molecular weight excluding hydrogens is 304 g/mol. The maximum Gasteiger partial charge on any atom is 0.321 e. The predicted octanol–water partition coefficient (Wildman–Crippen LogP) is 4.47. The van der Waals surface area contributed by atoms with Gasteiger partial charge in [-0.25, -0.2) is 4.79 Å². The molecule has 2 amide bonds. The second kappa shape index (κ2) is 6.42. The highest BCUT2D eigenvalue weighted by atomic mass is 79.9. The molecule has 0 aromatic heterocycles. The zero-order valence-corrected chi connectivity index (χ0v) is 13.2. The van der Waals surface area contributed by atoms with Gasteiger partial charge < -0.3 is 10.2 Å². The average Bonchev–Trinajstić information content (AvgIpc) is 2.62. The number of benzene rings is 1. The van der Waals surface area contributed by atoms with E-state index in [9.17, 15) is 4.79 Å². The van der Waals surface area contributed by atoms with Gasteiger partial charge in [-0.3, -0.25) is 0 Å². The topological polar surface area (TPSA) is 32.3 Å². The van der Waals surface area contributed by atoms with Gasteiger partial charge in [0.2, 0.25) is 0 Å². The standard InChI is InChI=1S/C15H21BrN2O/c1-11-9-12(2)14(13(16)10-11)17-15(19)18-7-5-3-4-6-8-18/h9-10H,3-8H2,1-2H3,(H,17,19). The molecule has 2 rings (SSSR count). The number of hydrogen-bond acceptors (Lipinski definition) is 1. The highest BCUT2D eigenvalue weighted by Crippen LogP contribution is 2.28. The van der Waals surface area contributed by atoms with Gasteiger partial charge in [0.05, 0.1) is 5.69 Å². The number of nitrogens with one attached hydrogen (secondary N) is 1. The number of nitrogens with zero attached hydrogens (tertiary/aromatic N) is 1. The third-order valence-corrected chi connectivity index (χ3v) is 4.18. The van der Waals surface area contributed by atoms with Crippen LogP contribution in [0, 0.1) is 13.8 Å². The lowest BCUT2D eigenvalue weighted by atomic mass is 10.1. The second-order valence-corrected chi connectivity index (χ2v) is 6.12. The van der Waals surface area contributed by atoms with E-state index in [-0.39, 0.29) is 6.03 Å². The lowest BCUT2D eigenvalue weighted by Crippen LogP contribution is -2.35. The molecule has 1 fully saturated rings. The van der Waals surface area contributed by atoms with E-state index in [2.05, 4.69) is 34.2 Å². The number of rotatable bonds is 1. The Hall–Kier alpha value is -1.03. The molecule has 1 aliphatic heterocycles. The fraction of sp³-hybridized carbons (Fsp3) is 0.533. The third-order valence-electron chi connectivity index (χ3n) is 3.56. The zero-order chi connectivity index (χ0) is 13.8. The van der Waals surface area contributed by atoms with E-state index in [1.807, 2.05) is 17.9 Å². The first-order valence-electron chi connectivity index (χ1n) is 6.90. The van der Waals surface area contributed by atoms with E-state index in [1.54, 1.807) is 0 Å². The van der Waals surface area contributed by atoms with Crippen molar-refractivity contribution in [2.75, 3.05) is 18.4 Å². The van der Waals surface area contributed by atoms with Gasteiger partial charge in [0.15, 0.2) is 0 Å². The van der Waals surface area contributed by atoms with Gasteiger partial charge in [0.1, 0.15) is 0 Å². The normalized spacial score (nSPS) is 16.1. The van der Waals surface area contributed by atoms with Gasteiger partial charge in [0.25, 0.3) is 0 Å². The Morgan fingerprint density at radius 1 is 1.16 bits per heavy atom. The average molecular weight is 325 g/mol. The van der Waals surface area contributed by atoms with Crippen LogP contribution in [0.15, 0.2) is 16.6 Å². The highest BCUT2D eigenvalue weighted by molar-refractivity contribution is 9.10. The molecule has 1 N–H and O–H groups in total. The van der Waals surface area contributed by atoms with Gasteiger partial charge >= 0.3 is 6.03 Å². The Kier molecular flexibility index (Phi) is 4.86. The number of likely N-dealkylation sites (tertiary alicyclic amines) is 1. The number of aryl methyl sites for hydroxylation is 2. The highest BCUT2D eigenvalue weighted by Gasteiger charge is 2.17. The number of carbonyl (C=O) groups excluding carboxylic acids is 1. The summed E-state index contributed by atoms with van der Waals surface area (Å²) in [4.78, 5) is 14.2. The van der Waals surface area contributed by atoms with Crippen LogP contribution in [-0.4, -0.2) is 24.0 Å². The summed E-state index contributed by atoms with van der Waals surface area (Å²) < 4.78 is 0.952. The molecule has 0 bridgehead atoms. The number of halogens is 1. The van der Waals surface area contributed by atoms with Crippen molar-refractivity contribution < 1.29 is 4.79 Å². The Bertz CT molecular complexity index is 442. The fourth-order valence-electron chi connectivity index (χ4n) is 2.53. The Labute approximate surface area is 123 Å². The van der Waals surface area contributed by atoms with Gasteiger partial charge in [-0.1, -0.05) is 18.9 Å². The summed E-state index contributed by atoms with van der Waals surface area (Å²) in [6, 6.07) is 4.14. The zero-order valence-electron chi connectivity index (χ0n) is 11.6. The van der Waals surface area contributed by atoms with E-state index in [0.717, 1.165) is 41.7 Å². The molecule has 1 aromatic rings. The molecular formula is C15H21BrN2O. The summed E-state index contributed by atoms with van der Waals surface area (Å²) in [6.45, 7) is 5.82. The largest absolute Gasteiger partial charge is 0.325 e. The first-order chi connectivity index (χ1) is 9.08. The minimum atomic E-state index is 0.0227. The molecule has 0 aliphatic carbocycles. The Morgan fingerprint density at radius 2 is 1.79 bits per heavy atom. The van der Waals surface area contributed by atoms with E-state index in [1.165, 1.54) is 18.4 Å². The van der Waals surface area contributed by atoms with E-state index in [4.69, 9.17) is 0 Å². The molecule has 1 aromatic carbocycles. The lowest BCUT2D eigenvalue weighted by molar-refractivity contribution is 0.213. The first kappa shape index (κ1) is 14.4. The van der Waals surface area contributed by atoms with E-state index < -0.39 is 0 Å². The van der Waals surface area contributed by atoms with Crippen LogP contribution in [0.1, 0.15) is 36.8 Å². The number of anilines is 1. The third kappa shape index (κ3) is 3.72. The smallest absolute Gasteiger partial charge is 0.321 e. The van der Waals surface area contributed by atoms with Crippen LogP contribution in [0.5, 0.6) is 0 Å². The minimum Gasteiger partial charge on any atom is -0.325 e. The van der Waals surface area contributed by atoms with Crippen LogP contribution >= 0.6 is 15.9 Å². The van der Waals surface area contributed by atoms with Crippen LogP contribution in [0.4, 0.5) is 10.5 Å². The quantitative estimate of drug-likeness (QED) is 0.811. The first-order valence-corrected chi connectivity index (χ1v) is 7.70. The molecule has 0 radical (unpaired) electrons. The summed E-state index contributed by atoms with van der Waals surface area (Å²) in [5, 5.41) is 3.04. The van der Waals surface area contributed by atoms with Crippen LogP contribution in [-0.2, 0) is 0 Å². The SMILES string of the molecule is Cc1cc(C)c(NC(=O)N2CCCCCC2)c(Br)c1. The molecule has 19 heavy (non-hydrogen) atoms. The number of hydrogen-bond donors (Lipinski definition) is 1. The van der Waals surface area contributed by atoms with Gasteiger partial charge in [-0.2, -0.15) is 0 Å². The lowest BCUT2D eigenvalue weighted by Gasteiger charge is -2.22. The Morgan fingerprint density at radius 3 is 2.37 bits per heavy atom. The number of urea groups is 1. The van der Waals surface area contributed by atoms with Crippen molar-refractivity contribution in [2.24, 2.45) is 0 Å². The van der Waals surface area contributed by atoms with Gasteiger partial charge in [0, 0.05) is 17.6 Å². The molecule has 3 nitrogen and oxygen atoms in total. The molecule has 104 valence electrons. The van der Waals surface area contributed by atoms with Crippen LogP contribution < -0.4 is 5.32 Å². The van der Waals surface area contributed by atoms with Crippen LogP contribution in [0.3, 0.4) is 0 Å². The molecule has 0 saturated carbocycles. The minimum absolute atomic E-state index is 0.0227. The molecule has 0 spiro atoms. The van der Waals surface area contributed by atoms with Gasteiger partial charge in [-0.05, 0) is 59.8 Å². The van der Waals surface area contributed by atoms with Crippen molar-refractivity contribution in [1.82, 2.24) is 4.90 Å². The van der Waals surface area contributed by atoms with Crippen LogP contribution in [0.25, 0.3) is 0 Å². The monoisotopic (exact) mass is 324 g/mol. The van der Waals surface area contributed by atoms with Crippen molar-refractivity contribution in [3.8, 4) is 0 Å². The predicted molar refractivity (Wildman–Crippen MR) is 82.7 cm³/mol. The van der Waals surface area contributed by atoms with Crippen molar-refractivity contribution in [3.05, 3.63) is 27.7 Å². The van der Waals surface area contributed by atoms with Crippen LogP contribution in [0.2, 0.25) is 0 Å². The van der Waals surface area contributed by atoms with Crippen molar-refractivity contribution in [2.45, 2.75) is 39.5 Å². The molecule has 4 heteroatoms. The Balaban J connectivity index is 2.10. The summed E-state index contributed by atoms with van der Waals surface area (Å²) in [5.74, 6) is 0. The number of amides is 2. The molecule has 0 unspecified atom stereocenters. The molecule has 1 aliphatic rings. The van der Waals surface area contributed by atoms with E-state index in [0.29, 0.717) is 0 Å². The van der Waals surface area contributed by atoms with E-state index >= 15 is 0 Å².